The second kappa shape index (κ2) is 7.32. The second-order valence-electron chi connectivity index (χ2n) is 5.36. The third-order valence-corrected chi connectivity index (χ3v) is 5.24. The summed E-state index contributed by atoms with van der Waals surface area (Å²) in [6.45, 7) is 4.92. The molecule has 0 spiro atoms. The van der Waals surface area contributed by atoms with Crippen LogP contribution in [0.3, 0.4) is 0 Å². The van der Waals surface area contributed by atoms with E-state index in [1.807, 2.05) is 0 Å². The van der Waals surface area contributed by atoms with E-state index >= 15 is 0 Å². The molecule has 0 saturated heterocycles. The maximum atomic E-state index is 13.4. The first kappa shape index (κ1) is 20.3. The molecule has 0 aromatic heterocycles. The van der Waals surface area contributed by atoms with E-state index in [1.165, 1.54) is 18.2 Å². The van der Waals surface area contributed by atoms with Crippen LogP contribution in [0.5, 0.6) is 11.5 Å². The summed E-state index contributed by atoms with van der Waals surface area (Å²) in [5.41, 5.74) is -1.52. The fraction of sp³-hybridized carbons (Fsp3) is 0.167. The maximum Gasteiger partial charge on any atom is 0.417 e. The Bertz CT molecular complexity index is 1040. The van der Waals surface area contributed by atoms with Crippen molar-refractivity contribution in [1.82, 2.24) is 0 Å². The Morgan fingerprint density at radius 3 is 2.48 bits per heavy atom. The second-order valence-corrected chi connectivity index (χ2v) is 7.33. The van der Waals surface area contributed by atoms with Crippen molar-refractivity contribution in [1.29, 1.82) is 5.26 Å². The quantitative estimate of drug-likeness (QED) is 0.761. The molecule has 0 bridgehead atoms. The molecule has 0 aliphatic carbocycles. The number of phenolic OH excluding ortho intramolecular Hbond substituents is 1. The molecule has 0 aliphatic heterocycles. The van der Waals surface area contributed by atoms with Crippen LogP contribution in [0.15, 0.2) is 52.8 Å². The van der Waals surface area contributed by atoms with Crippen LogP contribution >= 0.6 is 0 Å². The highest BCUT2D eigenvalue weighted by Crippen LogP contribution is 2.41. The topological polar surface area (TPSA) is 87.4 Å². The van der Waals surface area contributed by atoms with Gasteiger partial charge in [0.2, 0.25) is 9.84 Å². The molecule has 0 heterocycles. The average molecular weight is 397 g/mol. The molecule has 2 rings (SSSR count). The van der Waals surface area contributed by atoms with E-state index in [0.717, 1.165) is 18.2 Å². The van der Waals surface area contributed by atoms with Gasteiger partial charge in [-0.1, -0.05) is 12.6 Å². The number of alkyl halides is 3. The van der Waals surface area contributed by atoms with E-state index in [2.05, 4.69) is 6.58 Å². The summed E-state index contributed by atoms with van der Waals surface area (Å²) in [7, 11) is -4.31. The number of ether oxygens (including phenoxy) is 1. The fourth-order valence-electron chi connectivity index (χ4n) is 2.33. The Labute approximate surface area is 153 Å². The van der Waals surface area contributed by atoms with Crippen LogP contribution in [-0.2, 0) is 16.0 Å². The van der Waals surface area contributed by atoms with Crippen molar-refractivity contribution in [2.75, 3.05) is 6.61 Å². The van der Waals surface area contributed by atoms with Crippen LogP contribution < -0.4 is 4.74 Å². The number of halogens is 3. The summed E-state index contributed by atoms with van der Waals surface area (Å²) in [6, 6.07) is 7.14. The highest BCUT2D eigenvalue weighted by atomic mass is 32.2. The van der Waals surface area contributed by atoms with Gasteiger partial charge in [-0.25, -0.2) is 8.42 Å². The van der Waals surface area contributed by atoms with Gasteiger partial charge in [-0.05, 0) is 48.4 Å². The first-order valence-electron chi connectivity index (χ1n) is 7.54. The summed E-state index contributed by atoms with van der Waals surface area (Å²) in [5, 5.41) is 18.5. The number of nitrogens with zero attached hydrogens (tertiary/aromatic N) is 1. The van der Waals surface area contributed by atoms with Gasteiger partial charge in [0.1, 0.15) is 11.0 Å². The van der Waals surface area contributed by atoms with Crippen LogP contribution in [0.25, 0.3) is 11.1 Å². The van der Waals surface area contributed by atoms with Crippen molar-refractivity contribution in [3.8, 4) is 28.7 Å². The molecule has 0 unspecified atom stereocenters. The molecule has 2 aromatic carbocycles. The summed E-state index contributed by atoms with van der Waals surface area (Å²) in [6.07, 6.45) is -4.76. The number of sulfone groups is 1. The van der Waals surface area contributed by atoms with Crippen molar-refractivity contribution in [3.05, 3.63) is 53.4 Å². The van der Waals surface area contributed by atoms with Crippen molar-refractivity contribution in [2.24, 2.45) is 0 Å². The fourth-order valence-corrected chi connectivity index (χ4v) is 3.26. The third-order valence-electron chi connectivity index (χ3n) is 3.63. The molecule has 0 atom stereocenters. The number of phenols is 1. The van der Waals surface area contributed by atoms with Gasteiger partial charge in [0.25, 0.3) is 0 Å². The summed E-state index contributed by atoms with van der Waals surface area (Å²) in [4.78, 5) is -1.28. The zero-order valence-electron chi connectivity index (χ0n) is 14.0. The van der Waals surface area contributed by atoms with E-state index in [9.17, 15) is 26.7 Å². The smallest absolute Gasteiger partial charge is 0.417 e. The predicted molar refractivity (Wildman–Crippen MR) is 91.7 cm³/mol. The molecule has 0 aliphatic rings. The van der Waals surface area contributed by atoms with E-state index in [1.54, 1.807) is 6.92 Å². The maximum absolute atomic E-state index is 13.4. The van der Waals surface area contributed by atoms with Gasteiger partial charge in [0.15, 0.2) is 11.5 Å². The lowest BCUT2D eigenvalue weighted by atomic mass is 9.99. The molecule has 0 amide bonds. The zero-order chi connectivity index (χ0) is 20.4. The number of nitriles is 1. The highest BCUT2D eigenvalue weighted by molar-refractivity contribution is 7.95. The molecule has 0 fully saturated rings. The number of allylic oxidation sites excluding steroid dienone is 1. The van der Waals surface area contributed by atoms with Crippen LogP contribution in [0, 0.1) is 11.3 Å². The van der Waals surface area contributed by atoms with Crippen LogP contribution in [0.1, 0.15) is 12.5 Å². The number of benzene rings is 2. The first-order chi connectivity index (χ1) is 12.5. The van der Waals surface area contributed by atoms with Gasteiger partial charge < -0.3 is 9.84 Å². The summed E-state index contributed by atoms with van der Waals surface area (Å²) in [5.74, 6) is -0.311. The highest BCUT2D eigenvalue weighted by Gasteiger charge is 2.35. The Kier molecular flexibility index (Phi) is 5.51. The molecule has 9 heteroatoms. The van der Waals surface area contributed by atoms with Crippen molar-refractivity contribution in [2.45, 2.75) is 18.0 Å². The van der Waals surface area contributed by atoms with Gasteiger partial charge in [-0.3, -0.25) is 0 Å². The molecular weight excluding hydrogens is 383 g/mol. The zero-order valence-corrected chi connectivity index (χ0v) is 14.9. The normalized spacial score (nSPS) is 11.7. The van der Waals surface area contributed by atoms with Gasteiger partial charge >= 0.3 is 6.18 Å². The van der Waals surface area contributed by atoms with Gasteiger partial charge in [0.05, 0.1) is 17.1 Å². The standard InChI is InChI=1S/C18H14F3NO4S/c1-3-26-17-8-12(4-7-16(17)23)14-9-13(27(24,25)11(2)10-22)5-6-15(14)18(19,20)21/h4-9,23H,2-3H2,1H3. The van der Waals surface area contributed by atoms with E-state index in [0.29, 0.717) is 6.07 Å². The van der Waals surface area contributed by atoms with Crippen molar-refractivity contribution < 1.29 is 31.4 Å². The molecule has 142 valence electrons. The van der Waals surface area contributed by atoms with E-state index in [-0.39, 0.29) is 23.7 Å². The SMILES string of the molecule is C=C(C#N)S(=O)(=O)c1ccc(C(F)(F)F)c(-c2ccc(O)c(OCC)c2)c1. The van der Waals surface area contributed by atoms with Gasteiger partial charge in [0, 0.05) is 0 Å². The van der Waals surface area contributed by atoms with Gasteiger partial charge in [-0.15, -0.1) is 0 Å². The molecule has 0 saturated carbocycles. The van der Waals surface area contributed by atoms with Crippen LogP contribution in [0.4, 0.5) is 13.2 Å². The molecule has 0 radical (unpaired) electrons. The molecular formula is C18H14F3NO4S. The van der Waals surface area contributed by atoms with Crippen molar-refractivity contribution in [3.63, 3.8) is 0 Å². The van der Waals surface area contributed by atoms with E-state index < -0.39 is 36.9 Å². The lowest BCUT2D eigenvalue weighted by molar-refractivity contribution is -0.137. The molecule has 27 heavy (non-hydrogen) atoms. The minimum absolute atomic E-state index is 0.0109. The predicted octanol–water partition coefficient (Wildman–Crippen LogP) is 4.29. The third kappa shape index (κ3) is 4.06. The van der Waals surface area contributed by atoms with Crippen LogP contribution in [0.2, 0.25) is 0 Å². The minimum Gasteiger partial charge on any atom is -0.504 e. The minimum atomic E-state index is -4.76. The Balaban J connectivity index is 2.77. The Hall–Kier alpha value is -2.99. The van der Waals surface area contributed by atoms with E-state index in [4.69, 9.17) is 10.00 Å². The average Bonchev–Trinajstić information content (AvgIpc) is 2.61. The van der Waals surface area contributed by atoms with Crippen LogP contribution in [-0.4, -0.2) is 20.1 Å². The monoisotopic (exact) mass is 397 g/mol. The molecule has 1 N–H and O–H groups in total. The number of hydrogen-bond acceptors (Lipinski definition) is 5. The molecule has 5 nitrogen and oxygen atoms in total. The Morgan fingerprint density at radius 2 is 1.93 bits per heavy atom. The van der Waals surface area contributed by atoms with Crippen molar-refractivity contribution >= 4 is 9.84 Å². The number of rotatable bonds is 5. The van der Waals surface area contributed by atoms with Gasteiger partial charge in [-0.2, -0.15) is 18.4 Å². The lowest BCUT2D eigenvalue weighted by Gasteiger charge is -2.16. The molecule has 2 aromatic rings. The summed E-state index contributed by atoms with van der Waals surface area (Å²) < 4.78 is 69.9. The Morgan fingerprint density at radius 1 is 1.26 bits per heavy atom. The first-order valence-corrected chi connectivity index (χ1v) is 9.02. The summed E-state index contributed by atoms with van der Waals surface area (Å²) >= 11 is 0. The largest absolute Gasteiger partial charge is 0.504 e. The lowest BCUT2D eigenvalue weighted by Crippen LogP contribution is -2.10. The number of hydrogen-bond donors (Lipinski definition) is 1. The number of aromatic hydroxyl groups is 1.